The smallest absolute Gasteiger partial charge is 0.225 e. The Balaban J connectivity index is 1.56. The van der Waals surface area contributed by atoms with Gasteiger partial charge in [0.2, 0.25) is 5.91 Å². The monoisotopic (exact) mass is 350 g/mol. The van der Waals surface area contributed by atoms with Gasteiger partial charge in [0, 0.05) is 16.6 Å². The Hall–Kier alpha value is -2.39. The molecule has 0 spiro atoms. The minimum Gasteiger partial charge on any atom is -0.346 e. The first-order valence-electron chi connectivity index (χ1n) is 8.56. The van der Waals surface area contributed by atoms with Gasteiger partial charge in [-0.25, -0.2) is 0 Å². The molecule has 0 unspecified atom stereocenters. The third-order valence-electron chi connectivity index (χ3n) is 5.05. The number of aromatic nitrogens is 1. The van der Waals surface area contributed by atoms with Crippen LogP contribution >= 0.6 is 11.6 Å². The van der Waals surface area contributed by atoms with E-state index in [-0.39, 0.29) is 11.4 Å². The molecule has 0 radical (unpaired) electrons. The Morgan fingerprint density at radius 2 is 1.84 bits per heavy atom. The fraction of sp³-hybridized carbons (Fsp3) is 0.238. The highest BCUT2D eigenvalue weighted by Gasteiger charge is 2.39. The molecule has 4 rings (SSSR count). The van der Waals surface area contributed by atoms with Gasteiger partial charge < -0.3 is 5.32 Å². The molecular formula is C21H19ClN2O. The SMILES string of the molecule is O=C(Cc1cccc2cccnc12)NC1(c2ccc(Cl)cc2)CCC1. The molecule has 1 heterocycles. The Labute approximate surface area is 152 Å². The zero-order chi connectivity index (χ0) is 17.3. The number of carbonyl (C=O) groups is 1. The summed E-state index contributed by atoms with van der Waals surface area (Å²) in [7, 11) is 0. The highest BCUT2D eigenvalue weighted by molar-refractivity contribution is 6.30. The summed E-state index contributed by atoms with van der Waals surface area (Å²) < 4.78 is 0. The number of para-hydroxylation sites is 1. The molecule has 1 amide bonds. The zero-order valence-corrected chi connectivity index (χ0v) is 14.6. The van der Waals surface area contributed by atoms with Gasteiger partial charge in [0.05, 0.1) is 17.5 Å². The molecule has 3 aromatic rings. The highest BCUT2D eigenvalue weighted by Crippen LogP contribution is 2.41. The quantitative estimate of drug-likeness (QED) is 0.745. The molecule has 2 aromatic carbocycles. The second kappa shape index (κ2) is 6.49. The predicted octanol–water partition coefficient (Wildman–Crippen LogP) is 4.63. The van der Waals surface area contributed by atoms with Crippen LogP contribution in [0.3, 0.4) is 0 Å². The molecule has 3 nitrogen and oxygen atoms in total. The minimum absolute atomic E-state index is 0.0350. The number of halogens is 1. The lowest BCUT2D eigenvalue weighted by atomic mass is 9.71. The van der Waals surface area contributed by atoms with Crippen LogP contribution in [0, 0.1) is 0 Å². The van der Waals surface area contributed by atoms with Crippen molar-refractivity contribution in [3.05, 3.63) is 76.9 Å². The van der Waals surface area contributed by atoms with Crippen molar-refractivity contribution in [3.8, 4) is 0 Å². The lowest BCUT2D eigenvalue weighted by molar-refractivity contribution is -0.123. The molecule has 1 aliphatic rings. The molecule has 4 heteroatoms. The van der Waals surface area contributed by atoms with Crippen molar-refractivity contribution >= 4 is 28.4 Å². The van der Waals surface area contributed by atoms with Crippen LogP contribution in [-0.4, -0.2) is 10.9 Å². The predicted molar refractivity (Wildman–Crippen MR) is 101 cm³/mol. The van der Waals surface area contributed by atoms with E-state index in [2.05, 4.69) is 10.3 Å². The Morgan fingerprint density at radius 3 is 2.56 bits per heavy atom. The molecule has 1 saturated carbocycles. The minimum atomic E-state index is -0.250. The van der Waals surface area contributed by atoms with Gasteiger partial charge in [-0.2, -0.15) is 0 Å². The normalized spacial score (nSPS) is 15.6. The Kier molecular flexibility index (Phi) is 4.18. The summed E-state index contributed by atoms with van der Waals surface area (Å²) in [5.74, 6) is 0.0350. The highest BCUT2D eigenvalue weighted by atomic mass is 35.5. The van der Waals surface area contributed by atoms with Gasteiger partial charge in [-0.3, -0.25) is 9.78 Å². The fourth-order valence-electron chi connectivity index (χ4n) is 3.58. The maximum absolute atomic E-state index is 12.7. The van der Waals surface area contributed by atoms with Crippen LogP contribution in [-0.2, 0) is 16.8 Å². The Bertz CT molecular complexity index is 911. The summed E-state index contributed by atoms with van der Waals surface area (Å²) in [6, 6.07) is 17.7. The van der Waals surface area contributed by atoms with Gasteiger partial charge >= 0.3 is 0 Å². The molecule has 0 atom stereocenters. The van der Waals surface area contributed by atoms with Gasteiger partial charge in [-0.15, -0.1) is 0 Å². The summed E-state index contributed by atoms with van der Waals surface area (Å²) in [6.07, 6.45) is 5.16. The number of benzene rings is 2. The van der Waals surface area contributed by atoms with Crippen molar-refractivity contribution in [2.75, 3.05) is 0 Å². The maximum Gasteiger partial charge on any atom is 0.225 e. The van der Waals surface area contributed by atoms with Crippen LogP contribution in [0.1, 0.15) is 30.4 Å². The number of hydrogen-bond acceptors (Lipinski definition) is 2. The topological polar surface area (TPSA) is 42.0 Å². The first kappa shape index (κ1) is 16.1. The van der Waals surface area contributed by atoms with Crippen molar-refractivity contribution in [2.24, 2.45) is 0 Å². The van der Waals surface area contributed by atoms with E-state index in [1.54, 1.807) is 6.20 Å². The van der Waals surface area contributed by atoms with Gasteiger partial charge in [-0.05, 0) is 48.6 Å². The van der Waals surface area contributed by atoms with Crippen molar-refractivity contribution in [2.45, 2.75) is 31.2 Å². The summed E-state index contributed by atoms with van der Waals surface area (Å²) in [4.78, 5) is 17.2. The van der Waals surface area contributed by atoms with E-state index in [1.165, 1.54) is 0 Å². The molecule has 0 aliphatic heterocycles. The Morgan fingerprint density at radius 1 is 1.08 bits per heavy atom. The van der Waals surface area contributed by atoms with Crippen LogP contribution in [0.25, 0.3) is 10.9 Å². The van der Waals surface area contributed by atoms with Gasteiger partial charge in [0.15, 0.2) is 0 Å². The summed E-state index contributed by atoms with van der Waals surface area (Å²) in [5.41, 5.74) is 2.74. The van der Waals surface area contributed by atoms with E-state index in [0.717, 1.165) is 41.3 Å². The molecule has 1 aliphatic carbocycles. The van der Waals surface area contributed by atoms with Gasteiger partial charge in [-0.1, -0.05) is 48.0 Å². The lowest BCUT2D eigenvalue weighted by Gasteiger charge is -2.43. The molecule has 0 saturated heterocycles. The van der Waals surface area contributed by atoms with Gasteiger partial charge in [0.25, 0.3) is 0 Å². The van der Waals surface area contributed by atoms with Crippen molar-refractivity contribution in [1.82, 2.24) is 10.3 Å². The number of pyridine rings is 1. The molecule has 25 heavy (non-hydrogen) atoms. The van der Waals surface area contributed by atoms with E-state index >= 15 is 0 Å². The number of fused-ring (bicyclic) bond motifs is 1. The third-order valence-corrected chi connectivity index (χ3v) is 5.30. The number of carbonyl (C=O) groups excluding carboxylic acids is 1. The van der Waals surface area contributed by atoms with Crippen molar-refractivity contribution in [1.29, 1.82) is 0 Å². The fourth-order valence-corrected chi connectivity index (χ4v) is 3.71. The summed E-state index contributed by atoms with van der Waals surface area (Å²) in [5, 5.41) is 5.04. The standard InChI is InChI=1S/C21H19ClN2O/c22-18-9-7-17(8-10-18)21(11-3-12-21)24-19(25)14-16-5-1-4-15-6-2-13-23-20(15)16/h1-2,4-10,13H,3,11-12,14H2,(H,24,25). The first-order valence-corrected chi connectivity index (χ1v) is 8.94. The number of nitrogens with one attached hydrogen (secondary N) is 1. The molecular weight excluding hydrogens is 332 g/mol. The van der Waals surface area contributed by atoms with Crippen LogP contribution in [0.4, 0.5) is 0 Å². The summed E-state index contributed by atoms with van der Waals surface area (Å²) >= 11 is 6.00. The third kappa shape index (κ3) is 3.12. The number of hydrogen-bond donors (Lipinski definition) is 1. The van der Waals surface area contributed by atoms with E-state index in [0.29, 0.717) is 11.4 Å². The van der Waals surface area contributed by atoms with Gasteiger partial charge in [0.1, 0.15) is 0 Å². The van der Waals surface area contributed by atoms with Crippen molar-refractivity contribution < 1.29 is 4.79 Å². The molecule has 1 N–H and O–H groups in total. The van der Waals surface area contributed by atoms with Crippen LogP contribution < -0.4 is 5.32 Å². The number of rotatable bonds is 4. The van der Waals surface area contributed by atoms with Crippen LogP contribution in [0.15, 0.2) is 60.8 Å². The van der Waals surface area contributed by atoms with Crippen LogP contribution in [0.5, 0.6) is 0 Å². The lowest BCUT2D eigenvalue weighted by Crippen LogP contribution is -2.51. The number of nitrogens with zero attached hydrogens (tertiary/aromatic N) is 1. The average molecular weight is 351 g/mol. The van der Waals surface area contributed by atoms with E-state index < -0.39 is 0 Å². The average Bonchev–Trinajstić information content (AvgIpc) is 2.59. The van der Waals surface area contributed by atoms with E-state index in [4.69, 9.17) is 11.6 Å². The second-order valence-corrected chi connectivity index (χ2v) is 7.10. The first-order chi connectivity index (χ1) is 12.2. The number of amides is 1. The maximum atomic E-state index is 12.7. The zero-order valence-electron chi connectivity index (χ0n) is 13.8. The largest absolute Gasteiger partial charge is 0.346 e. The summed E-state index contributed by atoms with van der Waals surface area (Å²) in [6.45, 7) is 0. The van der Waals surface area contributed by atoms with Crippen LogP contribution in [0.2, 0.25) is 5.02 Å². The molecule has 1 fully saturated rings. The van der Waals surface area contributed by atoms with E-state index in [9.17, 15) is 4.79 Å². The molecule has 1 aromatic heterocycles. The van der Waals surface area contributed by atoms with E-state index in [1.807, 2.05) is 54.6 Å². The second-order valence-electron chi connectivity index (χ2n) is 6.66. The molecule has 126 valence electrons. The molecule has 0 bridgehead atoms. The van der Waals surface area contributed by atoms with Crippen molar-refractivity contribution in [3.63, 3.8) is 0 Å².